The third kappa shape index (κ3) is 2.90. The molecule has 29 heavy (non-hydrogen) atoms. The summed E-state index contributed by atoms with van der Waals surface area (Å²) in [7, 11) is 2.09. The Bertz CT molecular complexity index is 1100. The van der Waals surface area contributed by atoms with E-state index in [1.165, 1.54) is 39.1 Å². The fourth-order valence-corrected chi connectivity index (χ4v) is 4.98. The smallest absolute Gasteiger partial charge is 0.481 e. The molecule has 0 bridgehead atoms. The minimum absolute atomic E-state index is 0. The molecular weight excluding hydrogens is 380 g/mol. The van der Waals surface area contributed by atoms with Crippen LogP contribution < -0.4 is 3.88 Å². The zero-order chi connectivity index (χ0) is 19.1. The van der Waals surface area contributed by atoms with Gasteiger partial charge in [-0.15, -0.1) is 0 Å². The fourth-order valence-electron chi connectivity index (χ4n) is 4.77. The van der Waals surface area contributed by atoms with Gasteiger partial charge in [0.05, 0.1) is 5.41 Å². The van der Waals surface area contributed by atoms with Gasteiger partial charge >= 0.3 is 33.9 Å². The minimum Gasteiger partial charge on any atom is -0.481 e. The Hall–Kier alpha value is -2.26. The molecule has 3 heteroatoms. The van der Waals surface area contributed by atoms with E-state index in [1.807, 2.05) is 0 Å². The topological polar surface area (TPSA) is 3.24 Å². The number of anilines is 1. The predicted molar refractivity (Wildman–Crippen MR) is 124 cm³/mol. The molecule has 0 fully saturated rings. The number of hydrogen-bond donors (Lipinski definition) is 0. The zero-order valence-corrected chi connectivity index (χ0v) is 18.7. The molecular formula is C26H20Al2N+. The fraction of sp³-hybridized carbons (Fsp3) is 0.0769. The molecule has 0 unspecified atom stereocenters. The molecule has 0 N–H and O–H groups in total. The Morgan fingerprint density at radius 1 is 0.621 bits per heavy atom. The molecule has 0 heterocycles. The van der Waals surface area contributed by atoms with Crippen molar-refractivity contribution in [3.8, 4) is 11.1 Å². The Morgan fingerprint density at radius 2 is 1.14 bits per heavy atom. The van der Waals surface area contributed by atoms with E-state index in [4.69, 9.17) is 0 Å². The van der Waals surface area contributed by atoms with Crippen LogP contribution in [0.4, 0.5) is 5.69 Å². The van der Waals surface area contributed by atoms with E-state index in [1.54, 1.807) is 0 Å². The zero-order valence-electron chi connectivity index (χ0n) is 16.4. The summed E-state index contributed by atoms with van der Waals surface area (Å²) in [4.78, 5) is 0. The second-order valence-corrected chi connectivity index (χ2v) is 8.11. The largest absolute Gasteiger partial charge is 1.00 e. The normalized spacial score (nSPS) is 13.1. The maximum atomic E-state index is 2.81. The van der Waals surface area contributed by atoms with E-state index in [9.17, 15) is 0 Å². The number of hydrogen-bond acceptors (Lipinski definition) is 1. The molecule has 5 rings (SSSR count). The average molecular weight is 400 g/mol. The molecule has 1 aliphatic carbocycles. The van der Waals surface area contributed by atoms with Gasteiger partial charge in [-0.05, 0) is 40.9 Å². The number of fused-ring (bicyclic) bond motifs is 3. The van der Waals surface area contributed by atoms with Crippen LogP contribution in [0.1, 0.15) is 22.3 Å². The van der Waals surface area contributed by atoms with Gasteiger partial charge < -0.3 is 3.88 Å². The minimum atomic E-state index is -0.314. The third-order valence-corrected chi connectivity index (χ3v) is 6.12. The van der Waals surface area contributed by atoms with Gasteiger partial charge in [-0.1, -0.05) is 97.1 Å². The first-order valence-corrected chi connectivity index (χ1v) is 10.1. The molecule has 4 radical (unpaired) electrons. The standard InChI is InChI=1S/C26H20N.2Al/c1-27-24-18-10-17-23-25(24)21-15-8-9-16-22(21)26(23,19-11-4-2-5-12-19)20-13-6-3-7-14-20;;/h2-18H,1H3;;/q-1;2*+1. The van der Waals surface area contributed by atoms with Crippen molar-refractivity contribution < 1.29 is 0 Å². The van der Waals surface area contributed by atoms with Crippen molar-refractivity contribution in [2.75, 3.05) is 10.9 Å². The van der Waals surface area contributed by atoms with Gasteiger partial charge in [0.15, 0.2) is 0 Å². The molecule has 0 aromatic heterocycles. The second-order valence-electron chi connectivity index (χ2n) is 7.34. The van der Waals surface area contributed by atoms with Crippen molar-refractivity contribution in [2.24, 2.45) is 0 Å². The number of benzene rings is 4. The van der Waals surface area contributed by atoms with Gasteiger partial charge in [0.2, 0.25) is 0 Å². The summed E-state index contributed by atoms with van der Waals surface area (Å²) < 4.78 is 2.14. The second kappa shape index (κ2) is 7.87. The summed E-state index contributed by atoms with van der Waals surface area (Å²) >= 11 is 2.81. The van der Waals surface area contributed by atoms with Crippen LogP contribution in [0.15, 0.2) is 103 Å². The Kier molecular flexibility index (Phi) is 5.44. The van der Waals surface area contributed by atoms with E-state index in [0.717, 1.165) is 0 Å². The summed E-state index contributed by atoms with van der Waals surface area (Å²) in [6, 6.07) is 37.4. The third-order valence-electron chi connectivity index (χ3n) is 5.84. The quantitative estimate of drug-likeness (QED) is 0.377. The molecule has 0 saturated carbocycles. The number of rotatable bonds is 3. The molecule has 0 amide bonds. The summed E-state index contributed by atoms with van der Waals surface area (Å²) in [5.74, 6) is 0. The monoisotopic (exact) mass is 400 g/mol. The molecule has 0 saturated heterocycles. The number of nitrogens with zero attached hydrogens (tertiary/aromatic N) is 1. The van der Waals surface area contributed by atoms with Crippen molar-refractivity contribution in [2.45, 2.75) is 5.41 Å². The molecule has 4 aromatic rings. The van der Waals surface area contributed by atoms with Crippen LogP contribution >= 0.6 is 0 Å². The van der Waals surface area contributed by atoms with Crippen LogP contribution in [-0.4, -0.2) is 40.9 Å². The maximum absolute atomic E-state index is 2.81. The van der Waals surface area contributed by atoms with Crippen LogP contribution in [0.25, 0.3) is 11.1 Å². The van der Waals surface area contributed by atoms with Crippen LogP contribution in [0, 0.1) is 0 Å². The SMILES string of the molecule is C[N]([Al])c1cccc2c1-c1ccccc1C2(c1ccccc1)c1ccccc1.[Al+]. The first kappa shape index (κ1) is 20.0. The van der Waals surface area contributed by atoms with E-state index in [-0.39, 0.29) is 22.8 Å². The van der Waals surface area contributed by atoms with Crippen molar-refractivity contribution >= 4 is 39.6 Å². The predicted octanol–water partition coefficient (Wildman–Crippen LogP) is 5.19. The van der Waals surface area contributed by atoms with Gasteiger partial charge in [0.1, 0.15) is 0 Å². The van der Waals surface area contributed by atoms with Crippen LogP contribution in [0.2, 0.25) is 0 Å². The molecule has 0 atom stereocenters. The summed E-state index contributed by atoms with van der Waals surface area (Å²) in [6.07, 6.45) is 0. The van der Waals surface area contributed by atoms with Crippen molar-refractivity contribution in [3.05, 3.63) is 125 Å². The van der Waals surface area contributed by atoms with Crippen molar-refractivity contribution in [1.29, 1.82) is 0 Å². The van der Waals surface area contributed by atoms with Crippen molar-refractivity contribution in [1.82, 2.24) is 0 Å². The first-order valence-electron chi connectivity index (χ1n) is 9.57. The summed E-state index contributed by atoms with van der Waals surface area (Å²) in [6.45, 7) is 0. The molecule has 4 aromatic carbocycles. The maximum Gasteiger partial charge on any atom is 1.00 e. The van der Waals surface area contributed by atoms with E-state index in [0.29, 0.717) is 0 Å². The summed E-state index contributed by atoms with van der Waals surface area (Å²) in [5, 5.41) is 0. The van der Waals surface area contributed by atoms with Gasteiger partial charge in [-0.3, -0.25) is 0 Å². The van der Waals surface area contributed by atoms with Gasteiger partial charge in [0, 0.05) is 11.3 Å². The van der Waals surface area contributed by atoms with Crippen LogP contribution in [0.3, 0.4) is 0 Å². The van der Waals surface area contributed by atoms with Crippen molar-refractivity contribution in [3.63, 3.8) is 0 Å². The average Bonchev–Trinajstić information content (AvgIpc) is 3.06. The van der Waals surface area contributed by atoms with Gasteiger partial charge in [-0.2, -0.15) is 0 Å². The molecule has 0 aliphatic heterocycles. The first-order chi connectivity index (χ1) is 13.7. The molecule has 1 nitrogen and oxygen atoms in total. The van der Waals surface area contributed by atoms with Gasteiger partial charge in [0.25, 0.3) is 0 Å². The molecule has 134 valence electrons. The summed E-state index contributed by atoms with van der Waals surface area (Å²) in [5.41, 5.74) is 8.85. The van der Waals surface area contributed by atoms with Crippen LogP contribution in [0.5, 0.6) is 0 Å². The molecule has 1 aliphatic rings. The van der Waals surface area contributed by atoms with E-state index >= 15 is 0 Å². The Labute approximate surface area is 191 Å². The van der Waals surface area contributed by atoms with Crippen LogP contribution in [-0.2, 0) is 5.41 Å². The van der Waals surface area contributed by atoms with E-state index in [2.05, 4.69) is 131 Å². The Balaban J connectivity index is 0.00000205. The van der Waals surface area contributed by atoms with E-state index < -0.39 is 0 Å². The molecule has 0 spiro atoms. The van der Waals surface area contributed by atoms with Gasteiger partial charge in [-0.25, -0.2) is 0 Å². The Morgan fingerprint density at radius 3 is 1.72 bits per heavy atom.